The number of aliphatic hydroxyl groups is 1. The van der Waals surface area contributed by atoms with E-state index in [0.717, 1.165) is 29.8 Å². The molecule has 1 N–H and O–H groups in total. The molecule has 1 atom stereocenters. The average molecular weight is 349 g/mol. The molecule has 5 heteroatoms. The number of nitriles is 1. The van der Waals surface area contributed by atoms with Gasteiger partial charge in [0.05, 0.1) is 17.7 Å². The zero-order valence-electron chi connectivity index (χ0n) is 14.9. The second kappa shape index (κ2) is 8.13. The summed E-state index contributed by atoms with van der Waals surface area (Å²) in [6.45, 7) is 5.33. The van der Waals surface area contributed by atoms with Crippen LogP contribution in [0.2, 0.25) is 0 Å². The van der Waals surface area contributed by atoms with Crippen LogP contribution in [0.15, 0.2) is 48.5 Å². The van der Waals surface area contributed by atoms with Gasteiger partial charge in [-0.1, -0.05) is 29.8 Å². The molecule has 134 valence electrons. The number of rotatable bonds is 4. The maximum atomic E-state index is 12.6. The summed E-state index contributed by atoms with van der Waals surface area (Å²) >= 11 is 0. The molecule has 1 fully saturated rings. The number of carbonyl (C=O) groups excluding carboxylic acids is 1. The summed E-state index contributed by atoms with van der Waals surface area (Å²) in [5.41, 5.74) is 3.26. The Hall–Kier alpha value is -2.68. The molecule has 26 heavy (non-hydrogen) atoms. The molecule has 1 amide bonds. The molecule has 1 heterocycles. The Balaban J connectivity index is 1.52. The summed E-state index contributed by atoms with van der Waals surface area (Å²) in [4.78, 5) is 16.6. The SMILES string of the molecule is Cc1ccc(C(=O)N2CCN(CC(O)c3ccc(C#N)cc3)CC2)cc1. The molecule has 1 aliphatic heterocycles. The lowest BCUT2D eigenvalue weighted by molar-refractivity contribution is 0.0527. The number of piperazine rings is 1. The molecule has 0 aromatic heterocycles. The van der Waals surface area contributed by atoms with Gasteiger partial charge in [0.2, 0.25) is 0 Å². The number of β-amino-alcohol motifs (C(OH)–C–C–N with tert-alkyl or cyclic N) is 1. The van der Waals surface area contributed by atoms with Crippen LogP contribution in [0.5, 0.6) is 0 Å². The van der Waals surface area contributed by atoms with Crippen molar-refractivity contribution in [2.75, 3.05) is 32.7 Å². The Bertz CT molecular complexity index is 786. The second-order valence-electron chi connectivity index (χ2n) is 6.71. The Labute approximate surface area is 154 Å². The lowest BCUT2D eigenvalue weighted by Crippen LogP contribution is -2.49. The minimum absolute atomic E-state index is 0.0669. The number of carbonyl (C=O) groups is 1. The van der Waals surface area contributed by atoms with Crippen LogP contribution in [0.3, 0.4) is 0 Å². The molecular formula is C21H23N3O2. The first-order valence-corrected chi connectivity index (χ1v) is 8.83. The quantitative estimate of drug-likeness (QED) is 0.920. The maximum Gasteiger partial charge on any atom is 0.253 e. The van der Waals surface area contributed by atoms with Gasteiger partial charge < -0.3 is 10.0 Å². The van der Waals surface area contributed by atoms with Crippen molar-refractivity contribution in [3.8, 4) is 6.07 Å². The first-order valence-electron chi connectivity index (χ1n) is 8.83. The van der Waals surface area contributed by atoms with E-state index in [1.165, 1.54) is 0 Å². The number of nitrogens with zero attached hydrogens (tertiary/aromatic N) is 3. The number of benzene rings is 2. The van der Waals surface area contributed by atoms with Gasteiger partial charge >= 0.3 is 0 Å². The molecule has 1 unspecified atom stereocenters. The van der Waals surface area contributed by atoms with Crippen LogP contribution in [0.1, 0.15) is 33.2 Å². The standard InChI is InChI=1S/C21H23N3O2/c1-16-2-6-19(7-3-16)21(26)24-12-10-23(11-13-24)15-20(25)18-8-4-17(14-22)5-9-18/h2-9,20,25H,10-13,15H2,1H3. The van der Waals surface area contributed by atoms with Gasteiger partial charge in [0.25, 0.3) is 5.91 Å². The summed E-state index contributed by atoms with van der Waals surface area (Å²) < 4.78 is 0. The molecular weight excluding hydrogens is 326 g/mol. The first-order chi connectivity index (χ1) is 12.6. The van der Waals surface area contributed by atoms with Crippen LogP contribution >= 0.6 is 0 Å². The highest BCUT2D eigenvalue weighted by atomic mass is 16.3. The van der Waals surface area contributed by atoms with Crippen LogP contribution in [0, 0.1) is 18.3 Å². The molecule has 2 aromatic carbocycles. The van der Waals surface area contributed by atoms with E-state index in [2.05, 4.69) is 11.0 Å². The predicted octanol–water partition coefficient (Wildman–Crippen LogP) is 2.36. The normalized spacial score (nSPS) is 16.1. The molecule has 5 nitrogen and oxygen atoms in total. The van der Waals surface area contributed by atoms with Crippen molar-refractivity contribution < 1.29 is 9.90 Å². The summed E-state index contributed by atoms with van der Waals surface area (Å²) in [6, 6.07) is 16.8. The number of hydrogen-bond donors (Lipinski definition) is 1. The highest BCUT2D eigenvalue weighted by molar-refractivity contribution is 5.94. The van der Waals surface area contributed by atoms with Crippen molar-refractivity contribution in [3.63, 3.8) is 0 Å². The van der Waals surface area contributed by atoms with Gasteiger partial charge in [-0.05, 0) is 36.8 Å². The van der Waals surface area contributed by atoms with Gasteiger partial charge in [0, 0.05) is 38.3 Å². The highest BCUT2D eigenvalue weighted by Gasteiger charge is 2.23. The molecule has 0 aliphatic carbocycles. The molecule has 1 saturated heterocycles. The van der Waals surface area contributed by atoms with Crippen molar-refractivity contribution in [3.05, 3.63) is 70.8 Å². The maximum absolute atomic E-state index is 12.6. The number of amides is 1. The third-order valence-electron chi connectivity index (χ3n) is 4.81. The molecule has 1 aliphatic rings. The monoisotopic (exact) mass is 349 g/mol. The Kier molecular flexibility index (Phi) is 5.67. The van der Waals surface area contributed by atoms with Crippen molar-refractivity contribution in [2.24, 2.45) is 0 Å². The van der Waals surface area contributed by atoms with Crippen molar-refractivity contribution >= 4 is 5.91 Å². The third-order valence-corrected chi connectivity index (χ3v) is 4.81. The van der Waals surface area contributed by atoms with E-state index in [1.54, 1.807) is 24.3 Å². The summed E-state index contributed by atoms with van der Waals surface area (Å²) in [7, 11) is 0. The average Bonchev–Trinajstić information content (AvgIpc) is 2.68. The second-order valence-corrected chi connectivity index (χ2v) is 6.71. The van der Waals surface area contributed by atoms with Gasteiger partial charge in [-0.2, -0.15) is 5.26 Å². The van der Waals surface area contributed by atoms with Crippen LogP contribution in [0.4, 0.5) is 0 Å². The van der Waals surface area contributed by atoms with Crippen LogP contribution in [0.25, 0.3) is 0 Å². The van der Waals surface area contributed by atoms with Gasteiger partial charge in [0.1, 0.15) is 0 Å². The summed E-state index contributed by atoms with van der Waals surface area (Å²) in [5.74, 6) is 0.0669. The van der Waals surface area contributed by atoms with E-state index in [1.807, 2.05) is 36.1 Å². The molecule has 0 radical (unpaired) electrons. The van der Waals surface area contributed by atoms with Gasteiger partial charge in [-0.3, -0.25) is 9.69 Å². The van der Waals surface area contributed by atoms with Crippen molar-refractivity contribution in [1.29, 1.82) is 5.26 Å². The Morgan fingerprint density at radius 2 is 1.69 bits per heavy atom. The molecule has 3 rings (SSSR count). The number of aliphatic hydroxyl groups excluding tert-OH is 1. The smallest absolute Gasteiger partial charge is 0.253 e. The van der Waals surface area contributed by atoms with Gasteiger partial charge in [-0.25, -0.2) is 0 Å². The van der Waals surface area contributed by atoms with Crippen LogP contribution in [-0.2, 0) is 0 Å². The lowest BCUT2D eigenvalue weighted by atomic mass is 10.1. The van der Waals surface area contributed by atoms with Crippen LogP contribution < -0.4 is 0 Å². The van der Waals surface area contributed by atoms with E-state index in [0.29, 0.717) is 25.2 Å². The molecule has 2 aromatic rings. The van der Waals surface area contributed by atoms with E-state index in [4.69, 9.17) is 5.26 Å². The van der Waals surface area contributed by atoms with Crippen molar-refractivity contribution in [1.82, 2.24) is 9.80 Å². The lowest BCUT2D eigenvalue weighted by Gasteiger charge is -2.35. The number of hydrogen-bond acceptors (Lipinski definition) is 4. The largest absolute Gasteiger partial charge is 0.387 e. The summed E-state index contributed by atoms with van der Waals surface area (Å²) in [6.07, 6.45) is -0.595. The fourth-order valence-electron chi connectivity index (χ4n) is 3.14. The van der Waals surface area contributed by atoms with Gasteiger partial charge in [-0.15, -0.1) is 0 Å². The Morgan fingerprint density at radius 1 is 1.08 bits per heavy atom. The third kappa shape index (κ3) is 4.29. The zero-order chi connectivity index (χ0) is 18.5. The van der Waals surface area contributed by atoms with E-state index in [-0.39, 0.29) is 5.91 Å². The first kappa shape index (κ1) is 18.1. The predicted molar refractivity (Wildman–Crippen MR) is 99.6 cm³/mol. The number of aryl methyl sites for hydroxylation is 1. The summed E-state index contributed by atoms with van der Waals surface area (Å²) in [5, 5.41) is 19.3. The fraction of sp³-hybridized carbons (Fsp3) is 0.333. The van der Waals surface area contributed by atoms with E-state index < -0.39 is 6.10 Å². The minimum Gasteiger partial charge on any atom is -0.387 e. The molecule has 0 bridgehead atoms. The van der Waals surface area contributed by atoms with E-state index in [9.17, 15) is 9.90 Å². The zero-order valence-corrected chi connectivity index (χ0v) is 14.9. The highest BCUT2D eigenvalue weighted by Crippen LogP contribution is 2.17. The topological polar surface area (TPSA) is 67.6 Å². The molecule has 0 saturated carbocycles. The molecule has 0 spiro atoms. The van der Waals surface area contributed by atoms with Gasteiger partial charge in [0.15, 0.2) is 0 Å². The van der Waals surface area contributed by atoms with Crippen molar-refractivity contribution in [2.45, 2.75) is 13.0 Å². The van der Waals surface area contributed by atoms with E-state index >= 15 is 0 Å². The minimum atomic E-state index is -0.595. The fourth-order valence-corrected chi connectivity index (χ4v) is 3.14. The van der Waals surface area contributed by atoms with Crippen LogP contribution in [-0.4, -0.2) is 53.5 Å². The Morgan fingerprint density at radius 3 is 2.27 bits per heavy atom.